The predicted molar refractivity (Wildman–Crippen MR) is 73.8 cm³/mol. The van der Waals surface area contributed by atoms with Gasteiger partial charge in [0, 0.05) is 6.26 Å². The summed E-state index contributed by atoms with van der Waals surface area (Å²) in [5, 5.41) is 0. The second-order valence-corrected chi connectivity index (χ2v) is 6.53. The average Bonchev–Trinajstić information content (AvgIpc) is 2.35. The number of ether oxygens (including phenoxy) is 1. The number of anilines is 1. The highest BCUT2D eigenvalue weighted by Crippen LogP contribution is 2.30. The quantitative estimate of drug-likeness (QED) is 0.915. The van der Waals surface area contributed by atoms with Crippen molar-refractivity contribution >= 4 is 31.6 Å². The zero-order chi connectivity index (χ0) is 14.0. The fourth-order valence-electron chi connectivity index (χ4n) is 1.30. The van der Waals surface area contributed by atoms with Crippen LogP contribution in [0.1, 0.15) is 0 Å². The van der Waals surface area contributed by atoms with E-state index in [1.165, 1.54) is 18.5 Å². The molecule has 0 unspecified atom stereocenters. The summed E-state index contributed by atoms with van der Waals surface area (Å²) in [4.78, 5) is 7.94. The standard InChI is InChI=1S/C11H10BrN3O3S/c1-19(16,17)8-4-2-7(3-5-8)18-11-9(12)10(13)14-6-15-11/h2-6H,1H3,(H2,13,14,15). The topological polar surface area (TPSA) is 95.2 Å². The van der Waals surface area contributed by atoms with Gasteiger partial charge >= 0.3 is 0 Å². The van der Waals surface area contributed by atoms with Crippen LogP contribution in [0.3, 0.4) is 0 Å². The van der Waals surface area contributed by atoms with Crippen molar-refractivity contribution in [2.24, 2.45) is 0 Å². The van der Waals surface area contributed by atoms with Gasteiger partial charge < -0.3 is 10.5 Å². The fourth-order valence-corrected chi connectivity index (χ4v) is 2.22. The van der Waals surface area contributed by atoms with Crippen LogP contribution in [0, 0.1) is 0 Å². The molecule has 2 rings (SSSR count). The Labute approximate surface area is 118 Å². The van der Waals surface area contributed by atoms with Crippen LogP contribution >= 0.6 is 15.9 Å². The smallest absolute Gasteiger partial charge is 0.238 e. The van der Waals surface area contributed by atoms with Gasteiger partial charge in [-0.05, 0) is 40.2 Å². The van der Waals surface area contributed by atoms with Gasteiger partial charge in [0.15, 0.2) is 9.84 Å². The molecule has 0 aliphatic rings. The summed E-state index contributed by atoms with van der Waals surface area (Å²) in [7, 11) is -3.22. The highest BCUT2D eigenvalue weighted by Gasteiger charge is 2.10. The molecule has 0 spiro atoms. The van der Waals surface area contributed by atoms with Gasteiger partial charge in [-0.15, -0.1) is 0 Å². The van der Waals surface area contributed by atoms with E-state index in [2.05, 4.69) is 25.9 Å². The van der Waals surface area contributed by atoms with Crippen molar-refractivity contribution in [1.29, 1.82) is 0 Å². The fraction of sp³-hybridized carbons (Fsp3) is 0.0909. The summed E-state index contributed by atoms with van der Waals surface area (Å²) < 4.78 is 28.6. The lowest BCUT2D eigenvalue weighted by atomic mass is 10.3. The first-order valence-electron chi connectivity index (χ1n) is 5.12. The van der Waals surface area contributed by atoms with E-state index in [1.807, 2.05) is 0 Å². The number of hydrogen-bond acceptors (Lipinski definition) is 6. The van der Waals surface area contributed by atoms with E-state index in [0.29, 0.717) is 10.2 Å². The number of nitrogens with zero attached hydrogens (tertiary/aromatic N) is 2. The molecule has 19 heavy (non-hydrogen) atoms. The largest absolute Gasteiger partial charge is 0.438 e. The van der Waals surface area contributed by atoms with Crippen LogP contribution in [0.25, 0.3) is 0 Å². The highest BCUT2D eigenvalue weighted by molar-refractivity contribution is 9.10. The molecule has 0 radical (unpaired) electrons. The molecule has 1 aromatic carbocycles. The third kappa shape index (κ3) is 3.21. The number of benzene rings is 1. The minimum Gasteiger partial charge on any atom is -0.438 e. The summed E-state index contributed by atoms with van der Waals surface area (Å²) in [5.41, 5.74) is 5.60. The molecule has 0 amide bonds. The van der Waals surface area contributed by atoms with Gasteiger partial charge in [0.2, 0.25) is 5.88 Å². The first-order chi connectivity index (χ1) is 8.88. The third-order valence-electron chi connectivity index (χ3n) is 2.25. The second-order valence-electron chi connectivity index (χ2n) is 3.72. The Morgan fingerprint density at radius 2 is 1.84 bits per heavy atom. The monoisotopic (exact) mass is 343 g/mol. The number of nitrogens with two attached hydrogens (primary N) is 1. The Kier molecular flexibility index (Phi) is 3.72. The summed E-state index contributed by atoms with van der Waals surface area (Å²) in [6, 6.07) is 6.01. The molecule has 1 aromatic heterocycles. The van der Waals surface area contributed by atoms with Gasteiger partial charge in [0.25, 0.3) is 0 Å². The van der Waals surface area contributed by atoms with Crippen LogP contribution in [-0.2, 0) is 9.84 Å². The molecular weight excluding hydrogens is 334 g/mol. The second kappa shape index (κ2) is 5.14. The van der Waals surface area contributed by atoms with Crippen molar-refractivity contribution in [3.8, 4) is 11.6 Å². The molecule has 8 heteroatoms. The number of nitrogen functional groups attached to an aromatic ring is 1. The van der Waals surface area contributed by atoms with E-state index in [9.17, 15) is 8.42 Å². The molecule has 0 atom stereocenters. The minimum absolute atomic E-state index is 0.223. The first kappa shape index (κ1) is 13.8. The molecule has 0 bridgehead atoms. The first-order valence-corrected chi connectivity index (χ1v) is 7.80. The van der Waals surface area contributed by atoms with E-state index < -0.39 is 9.84 Å². The average molecular weight is 344 g/mol. The lowest BCUT2D eigenvalue weighted by molar-refractivity contribution is 0.458. The molecule has 100 valence electrons. The van der Waals surface area contributed by atoms with E-state index in [1.54, 1.807) is 12.1 Å². The molecule has 0 aliphatic heterocycles. The van der Waals surface area contributed by atoms with Gasteiger partial charge in [0.05, 0.1) is 4.90 Å². The van der Waals surface area contributed by atoms with Crippen LogP contribution in [-0.4, -0.2) is 24.6 Å². The molecule has 0 fully saturated rings. The molecule has 0 saturated carbocycles. The molecule has 0 saturated heterocycles. The van der Waals surface area contributed by atoms with Crippen molar-refractivity contribution in [1.82, 2.24) is 9.97 Å². The molecular formula is C11H10BrN3O3S. The van der Waals surface area contributed by atoms with Crippen LogP contribution in [0.2, 0.25) is 0 Å². The number of sulfone groups is 1. The van der Waals surface area contributed by atoms with Crippen LogP contribution in [0.4, 0.5) is 5.82 Å². The molecule has 6 nitrogen and oxygen atoms in total. The van der Waals surface area contributed by atoms with E-state index >= 15 is 0 Å². The van der Waals surface area contributed by atoms with Crippen molar-refractivity contribution in [2.75, 3.05) is 12.0 Å². The van der Waals surface area contributed by atoms with Crippen molar-refractivity contribution < 1.29 is 13.2 Å². The van der Waals surface area contributed by atoms with Gasteiger partial charge in [-0.3, -0.25) is 0 Å². The maximum Gasteiger partial charge on any atom is 0.238 e. The molecule has 2 aromatic rings. The molecule has 2 N–H and O–H groups in total. The Morgan fingerprint density at radius 1 is 1.21 bits per heavy atom. The van der Waals surface area contributed by atoms with E-state index in [-0.39, 0.29) is 16.6 Å². The summed E-state index contributed by atoms with van der Waals surface area (Å²) >= 11 is 3.21. The van der Waals surface area contributed by atoms with Crippen molar-refractivity contribution in [3.05, 3.63) is 35.1 Å². The van der Waals surface area contributed by atoms with Gasteiger partial charge in [-0.25, -0.2) is 18.4 Å². The van der Waals surface area contributed by atoms with Gasteiger partial charge in [0.1, 0.15) is 22.4 Å². The number of aromatic nitrogens is 2. The predicted octanol–water partition coefficient (Wildman–Crippen LogP) is 2.02. The van der Waals surface area contributed by atoms with Gasteiger partial charge in [-0.2, -0.15) is 0 Å². The Morgan fingerprint density at radius 3 is 2.42 bits per heavy atom. The summed E-state index contributed by atoms with van der Waals surface area (Å²) in [6.45, 7) is 0. The number of hydrogen-bond donors (Lipinski definition) is 1. The van der Waals surface area contributed by atoms with Crippen LogP contribution in [0.15, 0.2) is 40.0 Å². The third-order valence-corrected chi connectivity index (χ3v) is 4.12. The number of rotatable bonds is 3. The zero-order valence-corrected chi connectivity index (χ0v) is 12.3. The molecule has 0 aliphatic carbocycles. The maximum absolute atomic E-state index is 11.3. The Bertz CT molecular complexity index is 702. The lowest BCUT2D eigenvalue weighted by Gasteiger charge is -2.07. The summed E-state index contributed by atoms with van der Waals surface area (Å²) in [6.07, 6.45) is 2.42. The van der Waals surface area contributed by atoms with Crippen LogP contribution < -0.4 is 10.5 Å². The van der Waals surface area contributed by atoms with E-state index in [0.717, 1.165) is 6.26 Å². The lowest BCUT2D eigenvalue weighted by Crippen LogP contribution is -1.98. The Hall–Kier alpha value is -1.67. The number of halogens is 1. The summed E-state index contributed by atoms with van der Waals surface area (Å²) in [5.74, 6) is 0.976. The SMILES string of the molecule is CS(=O)(=O)c1ccc(Oc2ncnc(N)c2Br)cc1. The normalized spacial score (nSPS) is 11.3. The minimum atomic E-state index is -3.22. The van der Waals surface area contributed by atoms with Crippen LogP contribution in [0.5, 0.6) is 11.6 Å². The van der Waals surface area contributed by atoms with Crippen molar-refractivity contribution in [2.45, 2.75) is 4.90 Å². The van der Waals surface area contributed by atoms with Gasteiger partial charge in [-0.1, -0.05) is 0 Å². The molecule has 1 heterocycles. The van der Waals surface area contributed by atoms with Crippen molar-refractivity contribution in [3.63, 3.8) is 0 Å². The highest BCUT2D eigenvalue weighted by atomic mass is 79.9. The van der Waals surface area contributed by atoms with E-state index in [4.69, 9.17) is 10.5 Å². The Balaban J connectivity index is 2.27. The zero-order valence-electron chi connectivity index (χ0n) is 9.87. The maximum atomic E-state index is 11.3.